The summed E-state index contributed by atoms with van der Waals surface area (Å²) in [5.41, 5.74) is 6.26. The van der Waals surface area contributed by atoms with Crippen molar-refractivity contribution in [2.75, 3.05) is 6.54 Å². The summed E-state index contributed by atoms with van der Waals surface area (Å²) in [6.45, 7) is 0.159. The van der Waals surface area contributed by atoms with Crippen LogP contribution in [0.1, 0.15) is 11.1 Å². The van der Waals surface area contributed by atoms with Gasteiger partial charge in [-0.05, 0) is 26.9 Å². The van der Waals surface area contributed by atoms with E-state index in [4.69, 9.17) is 5.73 Å². The molecule has 84 valence electrons. The van der Waals surface area contributed by atoms with Gasteiger partial charge in [-0.3, -0.25) is 0 Å². The smallest absolute Gasteiger partial charge is 0.129 e. The largest absolute Gasteiger partial charge is 0.379 e. The Labute approximate surface area is 107 Å². The molecule has 16 heavy (non-hydrogen) atoms. The highest BCUT2D eigenvalue weighted by molar-refractivity contribution is 9.10. The van der Waals surface area contributed by atoms with E-state index in [2.05, 4.69) is 15.9 Å². The SMILES string of the molecule is NCC(O)(c1ccccc1)c1cscc1Br. The summed E-state index contributed by atoms with van der Waals surface area (Å²) >= 11 is 4.98. The highest BCUT2D eigenvalue weighted by Gasteiger charge is 2.32. The monoisotopic (exact) mass is 297 g/mol. The van der Waals surface area contributed by atoms with Gasteiger partial charge in [-0.25, -0.2) is 0 Å². The molecule has 0 amide bonds. The van der Waals surface area contributed by atoms with Crippen molar-refractivity contribution in [2.45, 2.75) is 5.60 Å². The molecule has 0 aliphatic carbocycles. The Hall–Kier alpha value is -0.680. The number of aliphatic hydroxyl groups is 1. The van der Waals surface area contributed by atoms with Gasteiger partial charge in [0, 0.05) is 22.0 Å². The van der Waals surface area contributed by atoms with E-state index >= 15 is 0 Å². The van der Waals surface area contributed by atoms with Crippen molar-refractivity contribution in [2.24, 2.45) is 5.73 Å². The molecule has 0 spiro atoms. The topological polar surface area (TPSA) is 46.2 Å². The molecule has 1 unspecified atom stereocenters. The van der Waals surface area contributed by atoms with Crippen LogP contribution in [-0.2, 0) is 5.60 Å². The second-order valence-electron chi connectivity index (χ2n) is 3.56. The molecule has 0 bridgehead atoms. The normalized spacial score (nSPS) is 14.7. The number of nitrogens with two attached hydrogens (primary N) is 1. The summed E-state index contributed by atoms with van der Waals surface area (Å²) in [6.07, 6.45) is 0. The zero-order valence-corrected chi connectivity index (χ0v) is 11.0. The van der Waals surface area contributed by atoms with Crippen LogP contribution in [0.2, 0.25) is 0 Å². The summed E-state index contributed by atoms with van der Waals surface area (Å²) in [7, 11) is 0. The summed E-state index contributed by atoms with van der Waals surface area (Å²) in [5, 5.41) is 14.5. The van der Waals surface area contributed by atoms with E-state index in [1.165, 1.54) is 0 Å². The zero-order valence-electron chi connectivity index (χ0n) is 8.56. The average molecular weight is 298 g/mol. The van der Waals surface area contributed by atoms with Gasteiger partial charge in [0.25, 0.3) is 0 Å². The van der Waals surface area contributed by atoms with Gasteiger partial charge in [0.15, 0.2) is 0 Å². The minimum absolute atomic E-state index is 0.159. The lowest BCUT2D eigenvalue weighted by Gasteiger charge is -2.27. The van der Waals surface area contributed by atoms with Crippen molar-refractivity contribution >= 4 is 27.3 Å². The predicted octanol–water partition coefficient (Wildman–Crippen LogP) is 2.71. The van der Waals surface area contributed by atoms with Crippen LogP contribution in [0.4, 0.5) is 0 Å². The first kappa shape index (κ1) is 11.8. The van der Waals surface area contributed by atoms with E-state index in [9.17, 15) is 5.11 Å². The van der Waals surface area contributed by atoms with Crippen molar-refractivity contribution in [3.05, 3.63) is 56.7 Å². The first-order valence-electron chi connectivity index (χ1n) is 4.88. The quantitative estimate of drug-likeness (QED) is 0.915. The Balaban J connectivity index is 2.53. The van der Waals surface area contributed by atoms with Crippen molar-refractivity contribution in [3.8, 4) is 0 Å². The molecular formula is C12H12BrNOS. The number of hydrogen-bond donors (Lipinski definition) is 2. The maximum atomic E-state index is 10.7. The number of hydrogen-bond acceptors (Lipinski definition) is 3. The molecule has 0 saturated heterocycles. The molecule has 1 aromatic heterocycles. The van der Waals surface area contributed by atoms with Crippen LogP contribution < -0.4 is 5.73 Å². The lowest BCUT2D eigenvalue weighted by Crippen LogP contribution is -2.35. The second-order valence-corrected chi connectivity index (χ2v) is 5.16. The van der Waals surface area contributed by atoms with Gasteiger partial charge in [-0.15, -0.1) is 0 Å². The van der Waals surface area contributed by atoms with E-state index in [0.29, 0.717) is 0 Å². The number of rotatable bonds is 3. The van der Waals surface area contributed by atoms with Gasteiger partial charge in [0.2, 0.25) is 0 Å². The molecule has 1 atom stereocenters. The molecule has 2 nitrogen and oxygen atoms in total. The predicted molar refractivity (Wildman–Crippen MR) is 70.5 cm³/mol. The molecule has 0 radical (unpaired) electrons. The molecule has 0 aliphatic rings. The standard InChI is InChI=1S/C12H12BrNOS/c13-11-7-16-6-10(11)12(15,8-14)9-4-2-1-3-5-9/h1-7,15H,8,14H2. The lowest BCUT2D eigenvalue weighted by atomic mass is 9.88. The third-order valence-electron chi connectivity index (χ3n) is 2.61. The van der Waals surface area contributed by atoms with Crippen LogP contribution in [0.5, 0.6) is 0 Å². The molecule has 0 saturated carbocycles. The van der Waals surface area contributed by atoms with Crippen molar-refractivity contribution in [3.63, 3.8) is 0 Å². The fourth-order valence-corrected chi connectivity index (χ4v) is 3.36. The summed E-state index contributed by atoms with van der Waals surface area (Å²) in [4.78, 5) is 0. The van der Waals surface area contributed by atoms with Crippen LogP contribution in [0.3, 0.4) is 0 Å². The Morgan fingerprint density at radius 3 is 2.44 bits per heavy atom. The Morgan fingerprint density at radius 2 is 1.94 bits per heavy atom. The molecular weight excluding hydrogens is 286 g/mol. The summed E-state index contributed by atoms with van der Waals surface area (Å²) < 4.78 is 0.898. The maximum absolute atomic E-state index is 10.7. The molecule has 1 aromatic carbocycles. The highest BCUT2D eigenvalue weighted by Crippen LogP contribution is 2.35. The van der Waals surface area contributed by atoms with Crippen LogP contribution in [0, 0.1) is 0 Å². The summed E-state index contributed by atoms with van der Waals surface area (Å²) in [5.74, 6) is 0. The number of benzene rings is 1. The lowest BCUT2D eigenvalue weighted by molar-refractivity contribution is 0.0900. The minimum Gasteiger partial charge on any atom is -0.379 e. The van der Waals surface area contributed by atoms with E-state index in [0.717, 1.165) is 15.6 Å². The Kier molecular flexibility index (Phi) is 3.44. The first-order valence-corrected chi connectivity index (χ1v) is 6.62. The van der Waals surface area contributed by atoms with Gasteiger partial charge in [0.1, 0.15) is 5.60 Å². The van der Waals surface area contributed by atoms with Gasteiger partial charge in [-0.1, -0.05) is 30.3 Å². The van der Waals surface area contributed by atoms with Crippen molar-refractivity contribution in [1.82, 2.24) is 0 Å². The van der Waals surface area contributed by atoms with Crippen LogP contribution in [-0.4, -0.2) is 11.7 Å². The van der Waals surface area contributed by atoms with E-state index in [1.54, 1.807) is 11.3 Å². The van der Waals surface area contributed by atoms with Gasteiger partial charge in [0.05, 0.1) is 0 Å². The van der Waals surface area contributed by atoms with Gasteiger partial charge >= 0.3 is 0 Å². The van der Waals surface area contributed by atoms with Gasteiger partial charge in [-0.2, -0.15) is 11.3 Å². The van der Waals surface area contributed by atoms with Gasteiger partial charge < -0.3 is 10.8 Å². The third-order valence-corrected chi connectivity index (χ3v) is 4.31. The van der Waals surface area contributed by atoms with Crippen LogP contribution in [0.25, 0.3) is 0 Å². The van der Waals surface area contributed by atoms with E-state index < -0.39 is 5.60 Å². The Morgan fingerprint density at radius 1 is 1.25 bits per heavy atom. The van der Waals surface area contributed by atoms with Crippen molar-refractivity contribution in [1.29, 1.82) is 0 Å². The fraction of sp³-hybridized carbons (Fsp3) is 0.167. The Bertz CT molecular complexity index is 471. The van der Waals surface area contributed by atoms with Crippen LogP contribution in [0.15, 0.2) is 45.6 Å². The fourth-order valence-electron chi connectivity index (χ4n) is 1.67. The van der Waals surface area contributed by atoms with Crippen molar-refractivity contribution < 1.29 is 5.11 Å². The molecule has 0 fully saturated rings. The zero-order chi connectivity index (χ0) is 11.6. The average Bonchev–Trinajstić information content (AvgIpc) is 2.76. The van der Waals surface area contributed by atoms with E-state index in [1.807, 2.05) is 41.1 Å². The first-order chi connectivity index (χ1) is 7.68. The highest BCUT2D eigenvalue weighted by atomic mass is 79.9. The minimum atomic E-state index is -1.11. The third kappa shape index (κ3) is 1.94. The number of halogens is 1. The molecule has 2 aromatic rings. The molecule has 4 heteroatoms. The van der Waals surface area contributed by atoms with Crippen LogP contribution >= 0.6 is 27.3 Å². The molecule has 1 heterocycles. The van der Waals surface area contributed by atoms with E-state index in [-0.39, 0.29) is 6.54 Å². The molecule has 0 aliphatic heterocycles. The number of thiophene rings is 1. The molecule has 2 rings (SSSR count). The summed E-state index contributed by atoms with van der Waals surface area (Å²) in [6, 6.07) is 9.49. The maximum Gasteiger partial charge on any atom is 0.129 e. The molecule has 3 N–H and O–H groups in total. The second kappa shape index (κ2) is 4.67.